The minimum Gasteiger partial charge on any atom is -0.383 e. The second-order valence-corrected chi connectivity index (χ2v) is 8.22. The normalized spacial score (nSPS) is 10.3. The summed E-state index contributed by atoms with van der Waals surface area (Å²) in [4.78, 5) is 6.70. The molecule has 2 N–H and O–H groups in total. The highest BCUT2D eigenvalue weighted by Gasteiger charge is 2.05. The first-order valence-electron chi connectivity index (χ1n) is 9.99. The third-order valence-corrected chi connectivity index (χ3v) is 5.64. The molecular formula is C24H27Cl5N4. The van der Waals surface area contributed by atoms with Gasteiger partial charge in [0.25, 0.3) is 0 Å². The van der Waals surface area contributed by atoms with E-state index < -0.39 is 0 Å². The minimum absolute atomic E-state index is 0. The van der Waals surface area contributed by atoms with E-state index >= 15 is 0 Å². The monoisotopic (exact) mass is 546 g/mol. The summed E-state index contributed by atoms with van der Waals surface area (Å²) in [6.45, 7) is 3.60. The zero-order chi connectivity index (χ0) is 20.9. The second-order valence-electron chi connectivity index (χ2n) is 7.35. The van der Waals surface area contributed by atoms with Crippen molar-refractivity contribution < 1.29 is 0 Å². The van der Waals surface area contributed by atoms with Crippen LogP contribution >= 0.6 is 60.4 Å². The van der Waals surface area contributed by atoms with Gasteiger partial charge in [-0.3, -0.25) is 4.98 Å². The lowest BCUT2D eigenvalue weighted by molar-refractivity contribution is 0.361. The molecule has 33 heavy (non-hydrogen) atoms. The van der Waals surface area contributed by atoms with E-state index in [1.807, 2.05) is 42.6 Å². The van der Waals surface area contributed by atoms with Crippen LogP contribution in [0.5, 0.6) is 0 Å². The number of pyridine rings is 1. The maximum absolute atomic E-state index is 6.11. The predicted molar refractivity (Wildman–Crippen MR) is 152 cm³/mol. The van der Waals surface area contributed by atoms with E-state index in [-0.39, 0.29) is 37.2 Å². The fourth-order valence-electron chi connectivity index (χ4n) is 3.56. The molecule has 0 atom stereocenters. The largest absolute Gasteiger partial charge is 0.383 e. The number of halogens is 5. The van der Waals surface area contributed by atoms with Crippen LogP contribution in [0.15, 0.2) is 66.9 Å². The Balaban J connectivity index is 0.00000181. The molecule has 0 aliphatic heterocycles. The Hall–Kier alpha value is -1.66. The number of nitrogens with zero attached hydrogens (tertiary/aromatic N) is 2. The molecule has 4 rings (SSSR count). The highest BCUT2D eigenvalue weighted by molar-refractivity contribution is 6.31. The van der Waals surface area contributed by atoms with Crippen molar-refractivity contribution in [1.82, 2.24) is 9.88 Å². The molecule has 0 aliphatic rings. The van der Waals surface area contributed by atoms with Crippen molar-refractivity contribution in [2.24, 2.45) is 0 Å². The van der Waals surface area contributed by atoms with Crippen molar-refractivity contribution >= 4 is 93.5 Å². The Bertz CT molecular complexity index is 1080. The number of likely N-dealkylation sites (N-methyl/N-ethyl adjacent to an activating group) is 1. The SMILES string of the molecule is CN(CCNc1cccc2cc(Cl)ccc12)CCNc1ccnc2cc(Cl)ccc12.Cl.Cl.Cl. The zero-order valence-electron chi connectivity index (χ0n) is 18.1. The van der Waals surface area contributed by atoms with E-state index in [0.29, 0.717) is 5.02 Å². The standard InChI is InChI=1S/C24H24Cl2N4.3ClH/c1-30(13-11-28-22-4-2-3-17-15-18(25)5-7-20(17)22)14-12-29-23-9-10-27-24-16-19(26)6-8-21(23)24;;;/h2-10,15-16,28H,11-14H2,1H3,(H,27,29);3*1H. The summed E-state index contributed by atoms with van der Waals surface area (Å²) in [5, 5.41) is 12.0. The van der Waals surface area contributed by atoms with Gasteiger partial charge in [-0.25, -0.2) is 0 Å². The minimum atomic E-state index is 0. The maximum atomic E-state index is 6.11. The van der Waals surface area contributed by atoms with E-state index in [4.69, 9.17) is 23.2 Å². The van der Waals surface area contributed by atoms with Gasteiger partial charge in [0.1, 0.15) is 0 Å². The van der Waals surface area contributed by atoms with Gasteiger partial charge in [-0.1, -0.05) is 41.4 Å². The molecule has 0 saturated carbocycles. The summed E-state index contributed by atoms with van der Waals surface area (Å²) >= 11 is 12.2. The molecular weight excluding hydrogens is 522 g/mol. The Kier molecular flexibility index (Phi) is 12.4. The molecule has 1 aromatic heterocycles. The van der Waals surface area contributed by atoms with Gasteiger partial charge in [0.15, 0.2) is 0 Å². The lowest BCUT2D eigenvalue weighted by Crippen LogP contribution is -2.29. The van der Waals surface area contributed by atoms with Gasteiger partial charge in [-0.15, -0.1) is 37.2 Å². The third-order valence-electron chi connectivity index (χ3n) is 5.17. The molecule has 0 spiro atoms. The molecule has 1 heterocycles. The Morgan fingerprint density at radius 2 is 1.36 bits per heavy atom. The van der Waals surface area contributed by atoms with E-state index in [2.05, 4.69) is 51.8 Å². The van der Waals surface area contributed by atoms with Gasteiger partial charge in [-0.05, 0) is 54.9 Å². The summed E-state index contributed by atoms with van der Waals surface area (Å²) in [5.41, 5.74) is 3.12. The van der Waals surface area contributed by atoms with Crippen LogP contribution in [0.2, 0.25) is 10.0 Å². The molecule has 0 fully saturated rings. The third kappa shape index (κ3) is 7.68. The smallest absolute Gasteiger partial charge is 0.0737 e. The molecule has 178 valence electrons. The first-order chi connectivity index (χ1) is 14.6. The number of benzene rings is 3. The average Bonchev–Trinajstić information content (AvgIpc) is 2.73. The number of fused-ring (bicyclic) bond motifs is 2. The molecule has 0 unspecified atom stereocenters. The molecule has 0 bridgehead atoms. The first-order valence-corrected chi connectivity index (χ1v) is 10.7. The maximum Gasteiger partial charge on any atom is 0.0737 e. The Morgan fingerprint density at radius 3 is 2.06 bits per heavy atom. The van der Waals surface area contributed by atoms with Gasteiger partial charge in [0.05, 0.1) is 5.52 Å². The molecule has 0 saturated heterocycles. The van der Waals surface area contributed by atoms with Crippen molar-refractivity contribution in [3.05, 3.63) is 76.9 Å². The van der Waals surface area contributed by atoms with Crippen LogP contribution in [0, 0.1) is 0 Å². The highest BCUT2D eigenvalue weighted by atomic mass is 35.5. The lowest BCUT2D eigenvalue weighted by Gasteiger charge is -2.19. The van der Waals surface area contributed by atoms with E-state index in [9.17, 15) is 0 Å². The number of rotatable bonds is 8. The Labute approximate surface area is 223 Å². The van der Waals surface area contributed by atoms with E-state index in [1.54, 1.807) is 0 Å². The number of hydrogen-bond acceptors (Lipinski definition) is 4. The van der Waals surface area contributed by atoms with Crippen LogP contribution in [-0.4, -0.2) is 43.1 Å². The summed E-state index contributed by atoms with van der Waals surface area (Å²) in [6.07, 6.45) is 1.81. The molecule has 9 heteroatoms. The first kappa shape index (κ1) is 29.4. The molecule has 3 aromatic carbocycles. The van der Waals surface area contributed by atoms with E-state index in [1.165, 1.54) is 5.39 Å². The molecule has 0 radical (unpaired) electrons. The van der Waals surface area contributed by atoms with Crippen LogP contribution < -0.4 is 10.6 Å². The van der Waals surface area contributed by atoms with Crippen molar-refractivity contribution in [1.29, 1.82) is 0 Å². The van der Waals surface area contributed by atoms with Crippen molar-refractivity contribution in [2.45, 2.75) is 0 Å². The quantitative estimate of drug-likeness (QED) is 0.240. The van der Waals surface area contributed by atoms with Crippen LogP contribution in [0.3, 0.4) is 0 Å². The van der Waals surface area contributed by atoms with Crippen LogP contribution in [0.1, 0.15) is 0 Å². The van der Waals surface area contributed by atoms with Gasteiger partial charge in [-0.2, -0.15) is 0 Å². The fraction of sp³-hybridized carbons (Fsp3) is 0.208. The van der Waals surface area contributed by atoms with Crippen LogP contribution in [-0.2, 0) is 0 Å². The fourth-order valence-corrected chi connectivity index (χ4v) is 3.91. The van der Waals surface area contributed by atoms with Crippen molar-refractivity contribution in [2.75, 3.05) is 43.9 Å². The molecule has 4 aromatic rings. The number of hydrogen-bond donors (Lipinski definition) is 2. The summed E-state index contributed by atoms with van der Waals surface area (Å²) in [5.74, 6) is 0. The summed E-state index contributed by atoms with van der Waals surface area (Å²) in [7, 11) is 2.14. The van der Waals surface area contributed by atoms with Crippen molar-refractivity contribution in [3.8, 4) is 0 Å². The van der Waals surface area contributed by atoms with Gasteiger partial charge in [0, 0.05) is 64.6 Å². The second kappa shape index (κ2) is 13.9. The highest BCUT2D eigenvalue weighted by Crippen LogP contribution is 2.26. The van der Waals surface area contributed by atoms with Gasteiger partial charge < -0.3 is 15.5 Å². The van der Waals surface area contributed by atoms with Gasteiger partial charge in [0.2, 0.25) is 0 Å². The molecule has 4 nitrogen and oxygen atoms in total. The van der Waals surface area contributed by atoms with Gasteiger partial charge >= 0.3 is 0 Å². The lowest BCUT2D eigenvalue weighted by atomic mass is 10.1. The Morgan fingerprint density at radius 1 is 0.758 bits per heavy atom. The van der Waals surface area contributed by atoms with E-state index in [0.717, 1.165) is 58.9 Å². The van der Waals surface area contributed by atoms with Crippen molar-refractivity contribution in [3.63, 3.8) is 0 Å². The molecule has 0 aliphatic carbocycles. The summed E-state index contributed by atoms with van der Waals surface area (Å²) in [6, 6.07) is 20.1. The topological polar surface area (TPSA) is 40.2 Å². The summed E-state index contributed by atoms with van der Waals surface area (Å²) < 4.78 is 0. The molecule has 0 amide bonds. The van der Waals surface area contributed by atoms with Crippen LogP contribution in [0.25, 0.3) is 21.7 Å². The average molecular weight is 549 g/mol. The predicted octanol–water partition coefficient (Wildman–Crippen LogP) is 7.42. The van der Waals surface area contributed by atoms with Crippen LogP contribution in [0.4, 0.5) is 11.4 Å². The number of anilines is 2. The number of aromatic nitrogens is 1. The zero-order valence-corrected chi connectivity index (χ0v) is 22.0. The number of nitrogens with one attached hydrogen (secondary N) is 2.